The predicted octanol–water partition coefficient (Wildman–Crippen LogP) is 2.69. The Hall–Kier alpha value is -2.63. The summed E-state index contributed by atoms with van der Waals surface area (Å²) < 4.78 is 6.74. The number of hydrogen-bond donors (Lipinski definition) is 0. The van der Waals surface area contributed by atoms with Crippen molar-refractivity contribution in [1.82, 2.24) is 9.78 Å². The molecule has 1 aliphatic heterocycles. The highest BCUT2D eigenvalue weighted by Gasteiger charge is 2.40. The molecule has 3 rings (SSSR count). The van der Waals surface area contributed by atoms with Gasteiger partial charge in [0.25, 0.3) is 5.91 Å². The summed E-state index contributed by atoms with van der Waals surface area (Å²) >= 11 is 0. The molecule has 2 heterocycles. The summed E-state index contributed by atoms with van der Waals surface area (Å²) in [6.07, 6.45) is 0.452. The number of benzene rings is 1. The second-order valence-electron chi connectivity index (χ2n) is 7.30. The number of rotatable bonds is 2. The van der Waals surface area contributed by atoms with E-state index in [4.69, 9.17) is 4.74 Å². The molecule has 0 saturated heterocycles. The van der Waals surface area contributed by atoms with Crippen molar-refractivity contribution < 1.29 is 14.3 Å². The van der Waals surface area contributed by atoms with Gasteiger partial charge in [-0.2, -0.15) is 5.10 Å². The lowest BCUT2D eigenvalue weighted by atomic mass is 10.1. The van der Waals surface area contributed by atoms with Crippen LogP contribution in [0.15, 0.2) is 30.3 Å². The Balaban J connectivity index is 2.03. The molecule has 0 fully saturated rings. The summed E-state index contributed by atoms with van der Waals surface area (Å²) in [6.45, 7) is 8.02. The maximum absolute atomic E-state index is 13.2. The molecule has 0 saturated carbocycles. The molecule has 2 aromatic rings. The third-order valence-corrected chi connectivity index (χ3v) is 4.41. The molecule has 1 atom stereocenters. The first-order chi connectivity index (χ1) is 11.7. The smallest absolute Gasteiger partial charge is 0.329 e. The Kier molecular flexibility index (Phi) is 4.14. The molecular formula is C19H23N3O3. The van der Waals surface area contributed by atoms with Crippen LogP contribution in [0.2, 0.25) is 0 Å². The number of methoxy groups -OCH3 is 1. The molecular weight excluding hydrogens is 318 g/mol. The third kappa shape index (κ3) is 2.92. The van der Waals surface area contributed by atoms with E-state index in [9.17, 15) is 9.59 Å². The maximum atomic E-state index is 13.2. The highest BCUT2D eigenvalue weighted by molar-refractivity contribution is 6.10. The molecule has 0 aliphatic carbocycles. The predicted molar refractivity (Wildman–Crippen MR) is 94.7 cm³/mol. The third-order valence-electron chi connectivity index (χ3n) is 4.41. The molecule has 1 amide bonds. The molecule has 0 bridgehead atoms. The van der Waals surface area contributed by atoms with Crippen molar-refractivity contribution in [2.24, 2.45) is 0 Å². The minimum Gasteiger partial charge on any atom is -0.467 e. The van der Waals surface area contributed by atoms with E-state index in [2.05, 4.69) is 5.10 Å². The Labute approximate surface area is 147 Å². The number of fused-ring (bicyclic) bond motifs is 1. The van der Waals surface area contributed by atoms with Gasteiger partial charge in [0.05, 0.1) is 12.6 Å². The topological polar surface area (TPSA) is 64.4 Å². The van der Waals surface area contributed by atoms with Gasteiger partial charge in [0.2, 0.25) is 0 Å². The van der Waals surface area contributed by atoms with Gasteiger partial charge >= 0.3 is 5.97 Å². The molecule has 0 spiro atoms. The molecule has 0 radical (unpaired) electrons. The van der Waals surface area contributed by atoms with Crippen LogP contribution in [0.5, 0.6) is 0 Å². The average Bonchev–Trinajstić information content (AvgIpc) is 3.14. The largest absolute Gasteiger partial charge is 0.467 e. The normalized spacial score (nSPS) is 16.7. The van der Waals surface area contributed by atoms with Crippen molar-refractivity contribution >= 4 is 17.6 Å². The summed E-state index contributed by atoms with van der Waals surface area (Å²) in [7, 11) is 1.34. The van der Waals surface area contributed by atoms with Crippen molar-refractivity contribution in [3.8, 4) is 0 Å². The minimum atomic E-state index is -0.657. The van der Waals surface area contributed by atoms with Crippen molar-refractivity contribution in [3.05, 3.63) is 47.3 Å². The van der Waals surface area contributed by atoms with Gasteiger partial charge in [0, 0.05) is 17.8 Å². The number of ether oxygens (including phenoxy) is 1. The first kappa shape index (κ1) is 17.2. The Bertz CT molecular complexity index is 833. The summed E-state index contributed by atoms with van der Waals surface area (Å²) in [5.74, 6) is -0.706. The highest BCUT2D eigenvalue weighted by Crippen LogP contribution is 2.34. The zero-order chi connectivity index (χ0) is 18.4. The van der Waals surface area contributed by atoms with Gasteiger partial charge < -0.3 is 4.74 Å². The molecule has 25 heavy (non-hydrogen) atoms. The Morgan fingerprint density at radius 1 is 1.24 bits per heavy atom. The van der Waals surface area contributed by atoms with Crippen LogP contribution < -0.4 is 4.90 Å². The fraction of sp³-hybridized carbons (Fsp3) is 0.421. The van der Waals surface area contributed by atoms with Gasteiger partial charge in [0.1, 0.15) is 6.04 Å². The molecule has 6 nitrogen and oxygen atoms in total. The zero-order valence-electron chi connectivity index (χ0n) is 15.2. The number of amides is 1. The lowest BCUT2D eigenvalue weighted by Gasteiger charge is -2.23. The van der Waals surface area contributed by atoms with E-state index in [1.54, 1.807) is 6.07 Å². The number of carbonyl (C=O) groups excluding carboxylic acids is 2. The van der Waals surface area contributed by atoms with Crippen LogP contribution in [0, 0.1) is 6.92 Å². The van der Waals surface area contributed by atoms with Gasteiger partial charge in [-0.25, -0.2) is 4.79 Å². The lowest BCUT2D eigenvalue weighted by Crippen LogP contribution is -2.43. The quantitative estimate of drug-likeness (QED) is 0.788. The van der Waals surface area contributed by atoms with Crippen molar-refractivity contribution in [2.45, 2.75) is 45.7 Å². The lowest BCUT2D eigenvalue weighted by molar-refractivity contribution is -0.141. The minimum absolute atomic E-state index is 0.229. The van der Waals surface area contributed by atoms with Gasteiger partial charge in [-0.05, 0) is 45.4 Å². The molecule has 1 unspecified atom stereocenters. The molecule has 1 aromatic heterocycles. The summed E-state index contributed by atoms with van der Waals surface area (Å²) in [4.78, 5) is 26.9. The molecule has 132 valence electrons. The van der Waals surface area contributed by atoms with E-state index in [1.165, 1.54) is 12.0 Å². The van der Waals surface area contributed by atoms with E-state index in [0.717, 1.165) is 16.9 Å². The summed E-state index contributed by atoms with van der Waals surface area (Å²) in [6, 6.07) is 8.65. The van der Waals surface area contributed by atoms with Crippen molar-refractivity contribution in [1.29, 1.82) is 0 Å². The maximum Gasteiger partial charge on any atom is 0.329 e. The van der Waals surface area contributed by atoms with Crippen molar-refractivity contribution in [2.75, 3.05) is 12.0 Å². The van der Waals surface area contributed by atoms with Crippen LogP contribution in [0.4, 0.5) is 5.69 Å². The number of para-hydroxylation sites is 1. The van der Waals surface area contributed by atoms with Gasteiger partial charge in [-0.15, -0.1) is 0 Å². The monoisotopic (exact) mass is 341 g/mol. The van der Waals surface area contributed by atoms with Gasteiger partial charge in [-0.3, -0.25) is 14.4 Å². The fourth-order valence-electron chi connectivity index (χ4n) is 3.34. The summed E-state index contributed by atoms with van der Waals surface area (Å²) in [5.41, 5.74) is 2.70. The summed E-state index contributed by atoms with van der Waals surface area (Å²) in [5, 5.41) is 4.49. The number of carbonyl (C=O) groups is 2. The van der Waals surface area contributed by atoms with Crippen LogP contribution in [0.25, 0.3) is 0 Å². The van der Waals surface area contributed by atoms with E-state index in [1.807, 2.05) is 56.6 Å². The zero-order valence-corrected chi connectivity index (χ0v) is 15.2. The molecule has 6 heteroatoms. The molecule has 1 aliphatic rings. The number of aryl methyl sites for hydroxylation is 1. The SMILES string of the molecule is COC(=O)C1Cc2ccccc2N1C(=O)c1cc(C)n(C(C)(C)C)n1. The second-order valence-corrected chi connectivity index (χ2v) is 7.30. The van der Waals surface area contributed by atoms with E-state index in [-0.39, 0.29) is 11.4 Å². The Morgan fingerprint density at radius 2 is 1.92 bits per heavy atom. The van der Waals surface area contributed by atoms with Gasteiger partial charge in [0.15, 0.2) is 5.69 Å². The van der Waals surface area contributed by atoms with Crippen LogP contribution >= 0.6 is 0 Å². The second kappa shape index (κ2) is 6.02. The van der Waals surface area contributed by atoms with Gasteiger partial charge in [-0.1, -0.05) is 18.2 Å². The van der Waals surface area contributed by atoms with E-state index >= 15 is 0 Å². The highest BCUT2D eigenvalue weighted by atomic mass is 16.5. The number of esters is 1. The van der Waals surface area contributed by atoms with E-state index < -0.39 is 12.0 Å². The van der Waals surface area contributed by atoms with Crippen LogP contribution in [-0.4, -0.2) is 34.8 Å². The number of anilines is 1. The number of hydrogen-bond acceptors (Lipinski definition) is 4. The van der Waals surface area contributed by atoms with E-state index in [0.29, 0.717) is 12.1 Å². The van der Waals surface area contributed by atoms with Crippen molar-refractivity contribution in [3.63, 3.8) is 0 Å². The molecule has 1 aromatic carbocycles. The average molecular weight is 341 g/mol. The first-order valence-electron chi connectivity index (χ1n) is 8.30. The molecule has 0 N–H and O–H groups in total. The standard InChI is InChI=1S/C19H23N3O3/c1-12-10-14(20-22(12)19(2,3)4)17(23)21-15-9-7-6-8-13(15)11-16(21)18(24)25-5/h6-10,16H,11H2,1-5H3. The van der Waals surface area contributed by atoms with Crippen LogP contribution in [0.3, 0.4) is 0 Å². The van der Waals surface area contributed by atoms with Crippen LogP contribution in [-0.2, 0) is 21.5 Å². The fourth-order valence-corrected chi connectivity index (χ4v) is 3.34. The van der Waals surface area contributed by atoms with Crippen LogP contribution in [0.1, 0.15) is 42.5 Å². The first-order valence-corrected chi connectivity index (χ1v) is 8.30. The Morgan fingerprint density at radius 3 is 2.52 bits per heavy atom. The number of aromatic nitrogens is 2. The number of nitrogens with zero attached hydrogens (tertiary/aromatic N) is 3.